The van der Waals surface area contributed by atoms with E-state index in [-0.39, 0.29) is 0 Å². The van der Waals surface area contributed by atoms with Crippen molar-refractivity contribution in [1.29, 1.82) is 0 Å². The Bertz CT molecular complexity index is 1480. The number of nitrogens with one attached hydrogen (secondary N) is 2. The molecule has 3 heterocycles. The number of halogens is 4. The minimum atomic E-state index is -5.08. The zero-order chi connectivity index (χ0) is 24.3. The molecule has 0 aliphatic carbocycles. The number of aliphatic carboxylic acids is 1. The van der Waals surface area contributed by atoms with Gasteiger partial charge in [-0.15, -0.1) is 10.2 Å². The molecule has 0 fully saturated rings. The predicted octanol–water partition coefficient (Wildman–Crippen LogP) is 4.99. The van der Waals surface area contributed by atoms with Crippen LogP contribution in [-0.4, -0.2) is 47.8 Å². The molecule has 0 unspecified atom stereocenters. The maximum Gasteiger partial charge on any atom is 0.490 e. The summed E-state index contributed by atoms with van der Waals surface area (Å²) in [4.78, 5) is 18.0. The number of benzene rings is 2. The third-order valence-corrected chi connectivity index (χ3v) is 4.76. The second kappa shape index (κ2) is 9.27. The second-order valence-electron chi connectivity index (χ2n) is 6.79. The van der Waals surface area contributed by atoms with E-state index in [1.807, 2.05) is 54.7 Å². The highest BCUT2D eigenvalue weighted by atomic mass is 35.5. The van der Waals surface area contributed by atoms with Gasteiger partial charge < -0.3 is 10.4 Å². The van der Waals surface area contributed by atoms with Gasteiger partial charge in [0, 0.05) is 44.8 Å². The minimum absolute atomic E-state index is 0.523. The summed E-state index contributed by atoms with van der Waals surface area (Å²) in [5.74, 6) is -1.51. The lowest BCUT2D eigenvalue weighted by Crippen LogP contribution is -2.21. The monoisotopic (exact) mass is 487 g/mol. The van der Waals surface area contributed by atoms with E-state index in [0.717, 1.165) is 38.7 Å². The zero-order valence-electron chi connectivity index (χ0n) is 16.9. The van der Waals surface area contributed by atoms with Gasteiger partial charge in [-0.25, -0.2) is 9.78 Å². The quantitative estimate of drug-likeness (QED) is 0.303. The molecule has 0 aliphatic heterocycles. The van der Waals surface area contributed by atoms with E-state index in [9.17, 15) is 13.2 Å². The molecule has 172 valence electrons. The molecule has 0 atom stereocenters. The lowest BCUT2D eigenvalue weighted by molar-refractivity contribution is -0.192. The Morgan fingerprint density at radius 1 is 1.06 bits per heavy atom. The van der Waals surface area contributed by atoms with Crippen molar-refractivity contribution in [2.24, 2.45) is 0 Å². The average molecular weight is 488 g/mol. The summed E-state index contributed by atoms with van der Waals surface area (Å²) >= 11 is 6.11. The molecule has 3 aromatic heterocycles. The van der Waals surface area contributed by atoms with Gasteiger partial charge in [0.1, 0.15) is 5.82 Å². The molecule has 13 heteroatoms. The number of aromatic amines is 1. The molecule has 0 saturated heterocycles. The number of tetrazole rings is 1. The van der Waals surface area contributed by atoms with Crippen molar-refractivity contribution in [2.75, 3.05) is 5.32 Å². The predicted molar refractivity (Wildman–Crippen MR) is 119 cm³/mol. The van der Waals surface area contributed by atoms with E-state index in [1.54, 1.807) is 6.20 Å². The number of hydrogen-bond acceptors (Lipinski definition) is 7. The summed E-state index contributed by atoms with van der Waals surface area (Å²) in [6, 6.07) is 15.4. The number of carboxylic acids is 1. The lowest BCUT2D eigenvalue weighted by atomic mass is 10.1. The van der Waals surface area contributed by atoms with Crippen LogP contribution in [-0.2, 0) is 4.79 Å². The van der Waals surface area contributed by atoms with Gasteiger partial charge in [-0.2, -0.15) is 18.4 Å². The Balaban J connectivity index is 0.000000344. The third-order valence-electron chi connectivity index (χ3n) is 4.53. The second-order valence-corrected chi connectivity index (χ2v) is 7.22. The number of H-pyrrole nitrogens is 1. The maximum absolute atomic E-state index is 10.6. The Kier molecular flexibility index (Phi) is 6.23. The summed E-state index contributed by atoms with van der Waals surface area (Å²) in [7, 11) is 0. The lowest BCUT2D eigenvalue weighted by Gasteiger charge is -2.12. The topological polar surface area (TPSA) is 130 Å². The third kappa shape index (κ3) is 5.02. The van der Waals surface area contributed by atoms with Crippen LogP contribution in [0.15, 0.2) is 60.9 Å². The van der Waals surface area contributed by atoms with Gasteiger partial charge in [-0.1, -0.05) is 29.8 Å². The van der Waals surface area contributed by atoms with E-state index >= 15 is 0 Å². The summed E-state index contributed by atoms with van der Waals surface area (Å²) in [5, 5.41) is 28.3. The number of anilines is 2. The van der Waals surface area contributed by atoms with Gasteiger partial charge in [-0.3, -0.25) is 4.98 Å². The Morgan fingerprint density at radius 2 is 1.85 bits per heavy atom. The molecule has 3 N–H and O–H groups in total. The van der Waals surface area contributed by atoms with Crippen molar-refractivity contribution < 1.29 is 23.1 Å². The van der Waals surface area contributed by atoms with Gasteiger partial charge >= 0.3 is 12.1 Å². The fourth-order valence-corrected chi connectivity index (χ4v) is 3.26. The highest BCUT2D eigenvalue weighted by molar-refractivity contribution is 6.30. The summed E-state index contributed by atoms with van der Waals surface area (Å²) < 4.78 is 31.7. The normalized spacial score (nSPS) is 11.2. The molecule has 9 nitrogen and oxygen atoms in total. The molecule has 34 heavy (non-hydrogen) atoms. The standard InChI is InChI=1S/C19H12ClN7.C2HF3O2/c20-12-2-1-3-13(9-12)22-19-15-6-7-21-10-16(15)14-5-4-11(8-17(14)23-19)18-24-26-27-25-18;3-2(4,5)1(6)7/h1-10H,(H,22,23)(H,24,25,26,27);(H,6,7). The van der Waals surface area contributed by atoms with Crippen molar-refractivity contribution in [3.8, 4) is 11.4 Å². The first-order valence-corrected chi connectivity index (χ1v) is 9.84. The van der Waals surface area contributed by atoms with Crippen LogP contribution in [0, 0.1) is 0 Å². The number of rotatable bonds is 3. The number of carboxylic acid groups (broad SMARTS) is 1. The molecule has 0 spiro atoms. The van der Waals surface area contributed by atoms with E-state index in [2.05, 4.69) is 30.9 Å². The molecule has 2 aromatic carbocycles. The van der Waals surface area contributed by atoms with Crippen LogP contribution in [0.3, 0.4) is 0 Å². The number of pyridine rings is 2. The highest BCUT2D eigenvalue weighted by Crippen LogP contribution is 2.32. The van der Waals surface area contributed by atoms with Crippen LogP contribution in [0.2, 0.25) is 5.02 Å². The van der Waals surface area contributed by atoms with Crippen LogP contribution in [0.4, 0.5) is 24.7 Å². The molecule has 0 radical (unpaired) electrons. The first-order valence-electron chi connectivity index (χ1n) is 9.46. The van der Waals surface area contributed by atoms with Crippen LogP contribution < -0.4 is 5.32 Å². The molecular weight excluding hydrogens is 475 g/mol. The fourth-order valence-electron chi connectivity index (χ4n) is 3.07. The maximum atomic E-state index is 10.6. The Morgan fingerprint density at radius 3 is 2.53 bits per heavy atom. The van der Waals surface area contributed by atoms with E-state index < -0.39 is 12.1 Å². The minimum Gasteiger partial charge on any atom is -0.475 e. The van der Waals surface area contributed by atoms with Gasteiger partial charge in [0.2, 0.25) is 5.82 Å². The summed E-state index contributed by atoms with van der Waals surface area (Å²) in [5.41, 5.74) is 2.50. The van der Waals surface area contributed by atoms with Crippen molar-refractivity contribution in [1.82, 2.24) is 30.6 Å². The van der Waals surface area contributed by atoms with E-state index in [0.29, 0.717) is 10.8 Å². The number of alkyl halides is 3. The van der Waals surface area contributed by atoms with Crippen molar-refractivity contribution in [2.45, 2.75) is 6.18 Å². The number of fused-ring (bicyclic) bond motifs is 3. The number of aromatic nitrogens is 6. The van der Waals surface area contributed by atoms with Crippen molar-refractivity contribution in [3.63, 3.8) is 0 Å². The van der Waals surface area contributed by atoms with Gasteiger partial charge in [0.25, 0.3) is 0 Å². The SMILES string of the molecule is Clc1cccc(Nc2nc3cc(-c4nn[nH]n4)ccc3c3cnccc23)c1.O=C(O)C(F)(F)F. The van der Waals surface area contributed by atoms with Gasteiger partial charge in [0.15, 0.2) is 0 Å². The molecule has 0 aliphatic rings. The van der Waals surface area contributed by atoms with Crippen LogP contribution in [0.1, 0.15) is 0 Å². The van der Waals surface area contributed by atoms with Crippen LogP contribution in [0.5, 0.6) is 0 Å². The number of carbonyl (C=O) groups is 1. The Hall–Kier alpha value is -4.32. The molecule has 5 aromatic rings. The highest BCUT2D eigenvalue weighted by Gasteiger charge is 2.38. The average Bonchev–Trinajstić information content (AvgIpc) is 3.34. The van der Waals surface area contributed by atoms with Gasteiger partial charge in [0.05, 0.1) is 5.52 Å². The van der Waals surface area contributed by atoms with Crippen molar-refractivity contribution >= 4 is 50.8 Å². The molecule has 0 amide bonds. The van der Waals surface area contributed by atoms with Crippen molar-refractivity contribution in [3.05, 3.63) is 65.9 Å². The molecule has 5 rings (SSSR count). The fraction of sp³-hybridized carbons (Fsp3) is 0.0476. The van der Waals surface area contributed by atoms with Gasteiger partial charge in [-0.05, 0) is 35.5 Å². The number of hydrogen-bond donors (Lipinski definition) is 3. The first kappa shape index (κ1) is 22.9. The van der Waals surface area contributed by atoms with Crippen LogP contribution >= 0.6 is 11.6 Å². The summed E-state index contributed by atoms with van der Waals surface area (Å²) in [6.45, 7) is 0. The largest absolute Gasteiger partial charge is 0.490 e. The zero-order valence-corrected chi connectivity index (χ0v) is 17.6. The van der Waals surface area contributed by atoms with E-state index in [4.69, 9.17) is 26.5 Å². The number of nitrogens with zero attached hydrogens (tertiary/aromatic N) is 5. The van der Waals surface area contributed by atoms with E-state index in [1.165, 1.54) is 0 Å². The summed E-state index contributed by atoms with van der Waals surface area (Å²) in [6.07, 6.45) is -1.48. The molecular formula is C21H13ClF3N7O2. The first-order chi connectivity index (χ1) is 16.2. The van der Waals surface area contributed by atoms with Crippen LogP contribution in [0.25, 0.3) is 33.1 Å². The smallest absolute Gasteiger partial charge is 0.475 e. The Labute approximate surface area is 193 Å². The molecule has 0 saturated carbocycles. The molecule has 0 bridgehead atoms.